The summed E-state index contributed by atoms with van der Waals surface area (Å²) in [6.45, 7) is 0. The molecule has 96 valence electrons. The normalized spacial score (nSPS) is 10.9. The van der Waals surface area contributed by atoms with E-state index in [1.165, 1.54) is 6.33 Å². The summed E-state index contributed by atoms with van der Waals surface area (Å²) < 4.78 is 31.4. The summed E-state index contributed by atoms with van der Waals surface area (Å²) in [7, 11) is 0. The van der Waals surface area contributed by atoms with Gasteiger partial charge in [-0.25, -0.2) is 13.8 Å². The van der Waals surface area contributed by atoms with E-state index in [1.54, 1.807) is 0 Å². The highest BCUT2D eigenvalue weighted by Crippen LogP contribution is 2.27. The SMILES string of the molecule is Fc1cc(F)cc(Oc2nc(Cl)nc3nc[nH]c23)c1. The van der Waals surface area contributed by atoms with Gasteiger partial charge in [-0.15, -0.1) is 0 Å². The summed E-state index contributed by atoms with van der Waals surface area (Å²) >= 11 is 5.71. The number of halogens is 3. The molecule has 1 aromatic carbocycles. The summed E-state index contributed by atoms with van der Waals surface area (Å²) in [5, 5.41) is -0.0773. The number of aromatic nitrogens is 4. The Balaban J connectivity index is 2.07. The maximum atomic E-state index is 13.1. The number of hydrogen-bond donors (Lipinski definition) is 1. The van der Waals surface area contributed by atoms with Crippen LogP contribution in [0.15, 0.2) is 24.5 Å². The van der Waals surface area contributed by atoms with E-state index in [9.17, 15) is 8.78 Å². The lowest BCUT2D eigenvalue weighted by Crippen LogP contribution is -1.94. The highest BCUT2D eigenvalue weighted by atomic mass is 35.5. The Hall–Kier alpha value is -2.28. The van der Waals surface area contributed by atoms with E-state index in [1.807, 2.05) is 0 Å². The van der Waals surface area contributed by atoms with Crippen molar-refractivity contribution in [2.24, 2.45) is 0 Å². The number of nitrogens with one attached hydrogen (secondary N) is 1. The second kappa shape index (κ2) is 4.43. The van der Waals surface area contributed by atoms with Gasteiger partial charge in [0.1, 0.15) is 22.9 Å². The summed E-state index contributed by atoms with van der Waals surface area (Å²) in [6.07, 6.45) is 1.38. The molecule has 3 aromatic rings. The molecule has 0 saturated carbocycles. The number of benzene rings is 1. The Labute approximate surface area is 110 Å². The summed E-state index contributed by atoms with van der Waals surface area (Å²) in [5.41, 5.74) is 0.681. The van der Waals surface area contributed by atoms with Crippen LogP contribution in [0.1, 0.15) is 0 Å². The van der Waals surface area contributed by atoms with Crippen molar-refractivity contribution in [2.75, 3.05) is 0 Å². The van der Waals surface area contributed by atoms with E-state index < -0.39 is 11.6 Å². The Kier molecular flexibility index (Phi) is 2.75. The minimum Gasteiger partial charge on any atom is -0.437 e. The van der Waals surface area contributed by atoms with Crippen molar-refractivity contribution in [3.05, 3.63) is 41.4 Å². The van der Waals surface area contributed by atoms with Gasteiger partial charge in [-0.1, -0.05) is 0 Å². The lowest BCUT2D eigenvalue weighted by molar-refractivity contribution is 0.455. The number of rotatable bonds is 2. The van der Waals surface area contributed by atoms with Gasteiger partial charge in [0, 0.05) is 18.2 Å². The third-order valence-corrected chi connectivity index (χ3v) is 2.44. The maximum Gasteiger partial charge on any atom is 0.250 e. The Morgan fingerprint density at radius 2 is 1.84 bits per heavy atom. The average molecular weight is 283 g/mol. The number of fused-ring (bicyclic) bond motifs is 1. The fourth-order valence-corrected chi connectivity index (χ4v) is 1.71. The molecule has 0 aliphatic rings. The molecular weight excluding hydrogens is 278 g/mol. The predicted octanol–water partition coefficient (Wildman–Crippen LogP) is 3.08. The number of hydrogen-bond acceptors (Lipinski definition) is 4. The molecule has 8 heteroatoms. The minimum absolute atomic E-state index is 0.0387. The number of ether oxygens (including phenoxy) is 1. The molecule has 0 fully saturated rings. The van der Waals surface area contributed by atoms with Crippen molar-refractivity contribution in [1.82, 2.24) is 19.9 Å². The lowest BCUT2D eigenvalue weighted by Gasteiger charge is -2.05. The zero-order chi connectivity index (χ0) is 13.4. The van der Waals surface area contributed by atoms with Crippen LogP contribution < -0.4 is 4.74 Å². The van der Waals surface area contributed by atoms with Crippen LogP contribution in [-0.4, -0.2) is 19.9 Å². The average Bonchev–Trinajstić information content (AvgIpc) is 2.75. The van der Waals surface area contributed by atoms with E-state index in [4.69, 9.17) is 16.3 Å². The molecule has 5 nitrogen and oxygen atoms in total. The Morgan fingerprint density at radius 3 is 2.58 bits per heavy atom. The number of imidazole rings is 1. The second-order valence-corrected chi connectivity index (χ2v) is 3.94. The summed E-state index contributed by atoms with van der Waals surface area (Å²) in [6, 6.07) is 2.80. The molecule has 0 aliphatic carbocycles. The molecule has 0 spiro atoms. The number of aromatic amines is 1. The molecular formula is C11H5ClF2N4O. The maximum absolute atomic E-state index is 13.1. The monoisotopic (exact) mass is 282 g/mol. The van der Waals surface area contributed by atoms with Crippen molar-refractivity contribution in [3.8, 4) is 11.6 Å². The van der Waals surface area contributed by atoms with E-state index in [0.29, 0.717) is 11.2 Å². The largest absolute Gasteiger partial charge is 0.437 e. The molecule has 0 unspecified atom stereocenters. The zero-order valence-corrected chi connectivity index (χ0v) is 9.95. The fraction of sp³-hybridized carbons (Fsp3) is 0. The molecule has 0 bridgehead atoms. The van der Waals surface area contributed by atoms with Gasteiger partial charge in [0.15, 0.2) is 5.65 Å². The van der Waals surface area contributed by atoms with Crippen molar-refractivity contribution in [1.29, 1.82) is 0 Å². The molecule has 0 amide bonds. The third-order valence-electron chi connectivity index (χ3n) is 2.28. The van der Waals surface area contributed by atoms with Crippen LogP contribution >= 0.6 is 11.6 Å². The van der Waals surface area contributed by atoms with Gasteiger partial charge < -0.3 is 9.72 Å². The van der Waals surface area contributed by atoms with E-state index in [0.717, 1.165) is 18.2 Å². The smallest absolute Gasteiger partial charge is 0.250 e. The topological polar surface area (TPSA) is 63.7 Å². The predicted molar refractivity (Wildman–Crippen MR) is 63.1 cm³/mol. The molecule has 0 aliphatic heterocycles. The van der Waals surface area contributed by atoms with Crippen LogP contribution in [0.2, 0.25) is 5.28 Å². The van der Waals surface area contributed by atoms with Gasteiger partial charge in [0.2, 0.25) is 11.2 Å². The Morgan fingerprint density at radius 1 is 1.11 bits per heavy atom. The first kappa shape index (κ1) is 11.8. The number of H-pyrrole nitrogens is 1. The van der Waals surface area contributed by atoms with Crippen molar-refractivity contribution >= 4 is 22.8 Å². The van der Waals surface area contributed by atoms with Crippen LogP contribution in [0.5, 0.6) is 11.6 Å². The molecule has 19 heavy (non-hydrogen) atoms. The van der Waals surface area contributed by atoms with Crippen LogP contribution in [0.3, 0.4) is 0 Å². The highest BCUT2D eigenvalue weighted by Gasteiger charge is 2.12. The van der Waals surface area contributed by atoms with Crippen LogP contribution in [0, 0.1) is 11.6 Å². The first-order valence-electron chi connectivity index (χ1n) is 5.12. The highest BCUT2D eigenvalue weighted by molar-refractivity contribution is 6.28. The fourth-order valence-electron chi connectivity index (χ4n) is 1.55. The van der Waals surface area contributed by atoms with Crippen LogP contribution in [-0.2, 0) is 0 Å². The van der Waals surface area contributed by atoms with Crippen molar-refractivity contribution in [3.63, 3.8) is 0 Å². The summed E-state index contributed by atoms with van der Waals surface area (Å²) in [5.74, 6) is -1.51. The van der Waals surface area contributed by atoms with Gasteiger partial charge in [-0.05, 0) is 11.6 Å². The molecule has 0 radical (unpaired) electrons. The lowest BCUT2D eigenvalue weighted by atomic mass is 10.3. The molecule has 0 atom stereocenters. The van der Waals surface area contributed by atoms with Gasteiger partial charge in [0.25, 0.3) is 0 Å². The zero-order valence-electron chi connectivity index (χ0n) is 9.19. The third kappa shape index (κ3) is 2.32. The van der Waals surface area contributed by atoms with Crippen molar-refractivity contribution < 1.29 is 13.5 Å². The minimum atomic E-state index is -0.754. The molecule has 2 aromatic heterocycles. The van der Waals surface area contributed by atoms with Gasteiger partial charge in [-0.3, -0.25) is 0 Å². The van der Waals surface area contributed by atoms with E-state index in [2.05, 4.69) is 19.9 Å². The molecule has 0 saturated heterocycles. The molecule has 2 heterocycles. The molecule has 1 N–H and O–H groups in total. The second-order valence-electron chi connectivity index (χ2n) is 3.61. The van der Waals surface area contributed by atoms with Gasteiger partial charge in [0.05, 0.1) is 6.33 Å². The van der Waals surface area contributed by atoms with Gasteiger partial charge in [-0.2, -0.15) is 9.97 Å². The number of nitrogens with zero attached hydrogens (tertiary/aromatic N) is 3. The Bertz CT molecular complexity index is 741. The van der Waals surface area contributed by atoms with Crippen LogP contribution in [0.25, 0.3) is 11.2 Å². The quantitative estimate of drug-likeness (QED) is 0.734. The van der Waals surface area contributed by atoms with E-state index >= 15 is 0 Å². The first-order chi connectivity index (χ1) is 9.11. The van der Waals surface area contributed by atoms with E-state index in [-0.39, 0.29) is 16.9 Å². The first-order valence-corrected chi connectivity index (χ1v) is 5.50. The molecule has 3 rings (SSSR count). The van der Waals surface area contributed by atoms with Gasteiger partial charge >= 0.3 is 0 Å². The standard InChI is InChI=1S/C11H5ClF2N4O/c12-11-17-9-8(15-4-16-9)10(18-11)19-7-2-5(13)1-6(14)3-7/h1-4H,(H,15,16,17,18). The summed E-state index contributed by atoms with van der Waals surface area (Å²) in [4.78, 5) is 14.4. The van der Waals surface area contributed by atoms with Crippen molar-refractivity contribution in [2.45, 2.75) is 0 Å². The van der Waals surface area contributed by atoms with Crippen LogP contribution in [0.4, 0.5) is 8.78 Å².